The number of likely N-dealkylation sites (tertiary alicyclic amines) is 1. The van der Waals surface area contributed by atoms with Crippen LogP contribution < -0.4 is 4.74 Å². The van der Waals surface area contributed by atoms with Crippen LogP contribution in [0.25, 0.3) is 5.76 Å². The Morgan fingerprint density at radius 3 is 2.25 bits per heavy atom. The standard InChI is InChI=1S/C22H23NO5/c1-14-4-6-16(7-5-14)20(24)18-19(15-8-10-17(28-3)11-9-15)23(12-13-27-2)22(26)21(18)25/h4-11,19,24H,12-13H2,1-3H3/b20-18+. The average molecular weight is 381 g/mol. The van der Waals surface area contributed by atoms with Crippen molar-refractivity contribution in [1.29, 1.82) is 0 Å². The fourth-order valence-electron chi connectivity index (χ4n) is 3.30. The van der Waals surface area contributed by atoms with Gasteiger partial charge in [-0.05, 0) is 24.6 Å². The molecule has 1 fully saturated rings. The predicted octanol–water partition coefficient (Wildman–Crippen LogP) is 3.07. The van der Waals surface area contributed by atoms with Gasteiger partial charge in [0.1, 0.15) is 11.5 Å². The van der Waals surface area contributed by atoms with Gasteiger partial charge in [-0.3, -0.25) is 9.59 Å². The number of nitrogens with zero attached hydrogens (tertiary/aromatic N) is 1. The quantitative estimate of drug-likeness (QED) is 0.473. The van der Waals surface area contributed by atoms with E-state index in [9.17, 15) is 14.7 Å². The first-order chi connectivity index (χ1) is 13.5. The third kappa shape index (κ3) is 3.64. The zero-order valence-electron chi connectivity index (χ0n) is 16.1. The molecule has 0 saturated carbocycles. The zero-order chi connectivity index (χ0) is 20.3. The summed E-state index contributed by atoms with van der Waals surface area (Å²) in [4.78, 5) is 26.9. The molecule has 28 heavy (non-hydrogen) atoms. The van der Waals surface area contributed by atoms with Gasteiger partial charge in [-0.15, -0.1) is 0 Å². The number of aryl methyl sites for hydroxylation is 1. The number of Topliss-reactive ketones (excluding diaryl/α,β-unsaturated/α-hetero) is 1. The van der Waals surface area contributed by atoms with Gasteiger partial charge in [0.2, 0.25) is 0 Å². The minimum atomic E-state index is -0.699. The Bertz CT molecular complexity index is 900. The number of methoxy groups -OCH3 is 2. The van der Waals surface area contributed by atoms with Crippen molar-refractivity contribution in [3.8, 4) is 5.75 Å². The van der Waals surface area contributed by atoms with E-state index in [0.29, 0.717) is 16.9 Å². The van der Waals surface area contributed by atoms with Crippen LogP contribution in [0.1, 0.15) is 22.7 Å². The minimum Gasteiger partial charge on any atom is -0.507 e. The molecule has 1 unspecified atom stereocenters. The molecule has 1 heterocycles. The summed E-state index contributed by atoms with van der Waals surface area (Å²) >= 11 is 0. The van der Waals surface area contributed by atoms with Crippen molar-refractivity contribution in [2.24, 2.45) is 0 Å². The summed E-state index contributed by atoms with van der Waals surface area (Å²) in [5, 5.41) is 10.9. The van der Waals surface area contributed by atoms with Gasteiger partial charge in [0.15, 0.2) is 0 Å². The smallest absolute Gasteiger partial charge is 0.295 e. The molecule has 2 aromatic rings. The average Bonchev–Trinajstić information content (AvgIpc) is 2.97. The summed E-state index contributed by atoms with van der Waals surface area (Å²) in [5.74, 6) is -0.864. The van der Waals surface area contributed by atoms with Gasteiger partial charge in [-0.25, -0.2) is 0 Å². The van der Waals surface area contributed by atoms with E-state index < -0.39 is 17.7 Å². The van der Waals surface area contributed by atoms with Gasteiger partial charge in [-0.2, -0.15) is 0 Å². The number of ketones is 1. The van der Waals surface area contributed by atoms with Crippen molar-refractivity contribution in [3.63, 3.8) is 0 Å². The van der Waals surface area contributed by atoms with Crippen LogP contribution in [0, 0.1) is 6.92 Å². The molecule has 1 saturated heterocycles. The van der Waals surface area contributed by atoms with E-state index in [1.165, 1.54) is 12.0 Å². The molecule has 1 amide bonds. The van der Waals surface area contributed by atoms with E-state index in [1.807, 2.05) is 19.1 Å². The predicted molar refractivity (Wildman–Crippen MR) is 105 cm³/mol. The summed E-state index contributed by atoms with van der Waals surface area (Å²) in [5.41, 5.74) is 2.32. The van der Waals surface area contributed by atoms with Gasteiger partial charge in [0, 0.05) is 19.2 Å². The maximum Gasteiger partial charge on any atom is 0.295 e. The molecule has 3 rings (SSSR count). The lowest BCUT2D eigenvalue weighted by molar-refractivity contribution is -0.140. The Kier molecular flexibility index (Phi) is 5.80. The largest absolute Gasteiger partial charge is 0.507 e. The Morgan fingerprint density at radius 1 is 1.04 bits per heavy atom. The van der Waals surface area contributed by atoms with E-state index in [1.54, 1.807) is 43.5 Å². The van der Waals surface area contributed by atoms with Crippen molar-refractivity contribution in [2.45, 2.75) is 13.0 Å². The number of aliphatic hydroxyl groups is 1. The highest BCUT2D eigenvalue weighted by atomic mass is 16.5. The number of ether oxygens (including phenoxy) is 2. The van der Waals surface area contributed by atoms with Gasteiger partial charge < -0.3 is 19.5 Å². The first kappa shape index (κ1) is 19.6. The first-order valence-corrected chi connectivity index (χ1v) is 8.96. The van der Waals surface area contributed by atoms with Crippen LogP contribution in [-0.2, 0) is 14.3 Å². The van der Waals surface area contributed by atoms with Crippen molar-refractivity contribution < 1.29 is 24.2 Å². The summed E-state index contributed by atoms with van der Waals surface area (Å²) in [6, 6.07) is 13.6. The van der Waals surface area contributed by atoms with Crippen LogP contribution in [0.15, 0.2) is 54.1 Å². The molecule has 1 atom stereocenters. The second kappa shape index (κ2) is 8.27. The molecule has 6 heteroatoms. The second-order valence-corrected chi connectivity index (χ2v) is 6.62. The van der Waals surface area contributed by atoms with Crippen LogP contribution in [0.3, 0.4) is 0 Å². The molecule has 0 spiro atoms. The number of carbonyl (C=O) groups excluding carboxylic acids is 2. The Morgan fingerprint density at radius 2 is 1.68 bits per heavy atom. The highest BCUT2D eigenvalue weighted by molar-refractivity contribution is 6.46. The second-order valence-electron chi connectivity index (χ2n) is 6.62. The van der Waals surface area contributed by atoms with E-state index in [-0.39, 0.29) is 24.5 Å². The Hall–Kier alpha value is -3.12. The number of aliphatic hydroxyl groups excluding tert-OH is 1. The van der Waals surface area contributed by atoms with Gasteiger partial charge in [0.05, 0.1) is 25.3 Å². The zero-order valence-corrected chi connectivity index (χ0v) is 16.1. The normalized spacial score (nSPS) is 18.5. The van der Waals surface area contributed by atoms with E-state index in [4.69, 9.17) is 9.47 Å². The molecule has 146 valence electrons. The molecule has 0 aromatic heterocycles. The van der Waals surface area contributed by atoms with E-state index in [0.717, 1.165) is 5.56 Å². The van der Waals surface area contributed by atoms with Crippen molar-refractivity contribution in [3.05, 3.63) is 70.8 Å². The number of amides is 1. The van der Waals surface area contributed by atoms with Crippen molar-refractivity contribution in [1.82, 2.24) is 4.90 Å². The van der Waals surface area contributed by atoms with Crippen molar-refractivity contribution in [2.75, 3.05) is 27.4 Å². The number of hydrogen-bond donors (Lipinski definition) is 1. The molecular weight excluding hydrogens is 358 g/mol. The molecule has 1 N–H and O–H groups in total. The summed E-state index contributed by atoms with van der Waals surface area (Å²) in [7, 11) is 3.10. The number of carbonyl (C=O) groups is 2. The number of benzene rings is 2. The lowest BCUT2D eigenvalue weighted by Gasteiger charge is -2.25. The lowest BCUT2D eigenvalue weighted by Crippen LogP contribution is -2.32. The lowest BCUT2D eigenvalue weighted by atomic mass is 9.95. The minimum absolute atomic E-state index is 0.0788. The van der Waals surface area contributed by atoms with Crippen LogP contribution in [0.2, 0.25) is 0 Å². The number of hydrogen-bond acceptors (Lipinski definition) is 5. The van der Waals surface area contributed by atoms with Crippen LogP contribution in [0.4, 0.5) is 0 Å². The highest BCUT2D eigenvalue weighted by Gasteiger charge is 2.45. The van der Waals surface area contributed by atoms with Gasteiger partial charge >= 0.3 is 0 Å². The van der Waals surface area contributed by atoms with Crippen LogP contribution in [0.5, 0.6) is 5.75 Å². The summed E-state index contributed by atoms with van der Waals surface area (Å²) < 4.78 is 10.3. The monoisotopic (exact) mass is 381 g/mol. The molecule has 0 aliphatic carbocycles. The third-order valence-electron chi connectivity index (χ3n) is 4.83. The summed E-state index contributed by atoms with van der Waals surface area (Å²) in [6.45, 7) is 2.46. The highest BCUT2D eigenvalue weighted by Crippen LogP contribution is 2.39. The molecule has 6 nitrogen and oxygen atoms in total. The molecule has 1 aliphatic heterocycles. The SMILES string of the molecule is COCCN1C(=O)C(=O)/C(=C(/O)c2ccc(C)cc2)C1c1ccc(OC)cc1. The Labute approximate surface area is 164 Å². The van der Waals surface area contributed by atoms with Gasteiger partial charge in [0.25, 0.3) is 11.7 Å². The fourth-order valence-corrected chi connectivity index (χ4v) is 3.30. The Balaban J connectivity index is 2.13. The van der Waals surface area contributed by atoms with Crippen LogP contribution >= 0.6 is 0 Å². The number of rotatable bonds is 6. The molecule has 1 aliphatic rings. The topological polar surface area (TPSA) is 76.1 Å². The maximum atomic E-state index is 12.8. The fraction of sp³-hybridized carbons (Fsp3) is 0.273. The molecule has 0 radical (unpaired) electrons. The van der Waals surface area contributed by atoms with Crippen LogP contribution in [-0.4, -0.2) is 49.1 Å². The summed E-state index contributed by atoms with van der Waals surface area (Å²) in [6.07, 6.45) is 0. The molecular formula is C22H23NO5. The first-order valence-electron chi connectivity index (χ1n) is 8.96. The third-order valence-corrected chi connectivity index (χ3v) is 4.83. The van der Waals surface area contributed by atoms with Gasteiger partial charge in [-0.1, -0.05) is 42.0 Å². The maximum absolute atomic E-state index is 12.8. The van der Waals surface area contributed by atoms with E-state index in [2.05, 4.69) is 0 Å². The van der Waals surface area contributed by atoms with Crippen molar-refractivity contribution >= 4 is 17.4 Å². The molecule has 2 aromatic carbocycles. The molecule has 0 bridgehead atoms. The van der Waals surface area contributed by atoms with E-state index >= 15 is 0 Å².